The number of Topliss-reactive ketones (excluding diaryl/α,β-unsaturated/α-hetero) is 1. The summed E-state index contributed by atoms with van der Waals surface area (Å²) in [6.45, 7) is 9.14. The van der Waals surface area contributed by atoms with Crippen molar-refractivity contribution >= 4 is 17.7 Å². The minimum atomic E-state index is -1.20. The number of hydrogen-bond donors (Lipinski definition) is 1. The van der Waals surface area contributed by atoms with Crippen LogP contribution in [-0.4, -0.2) is 60.6 Å². The number of rotatable bonds is 14. The molecule has 1 heterocycles. The van der Waals surface area contributed by atoms with E-state index in [1.54, 1.807) is 24.3 Å². The van der Waals surface area contributed by atoms with Gasteiger partial charge in [0.2, 0.25) is 0 Å². The van der Waals surface area contributed by atoms with E-state index < -0.39 is 36.5 Å². The number of ketones is 1. The van der Waals surface area contributed by atoms with Crippen molar-refractivity contribution in [3.05, 3.63) is 96.1 Å². The zero-order valence-electron chi connectivity index (χ0n) is 22.0. The molecule has 1 saturated heterocycles. The summed E-state index contributed by atoms with van der Waals surface area (Å²) in [7, 11) is 0. The normalized spacial score (nSPS) is 20.7. The second-order valence-electron chi connectivity index (χ2n) is 9.03. The van der Waals surface area contributed by atoms with Crippen LogP contribution in [0.4, 0.5) is 0 Å². The van der Waals surface area contributed by atoms with Gasteiger partial charge in [-0.2, -0.15) is 0 Å². The SMILES string of the molecule is C=CCOC(=O)c1ccccc1CO[C@H]1O[C@H](COCc2ccccc2)[C@@H](O)C(=C)[C@@H]1OC(=O)CCC(C)=O. The molecule has 9 nitrogen and oxygen atoms in total. The minimum Gasteiger partial charge on any atom is -0.458 e. The number of carbonyl (C=O) groups is 3. The van der Waals surface area contributed by atoms with Crippen LogP contribution in [0.3, 0.4) is 0 Å². The van der Waals surface area contributed by atoms with Crippen LogP contribution in [0.1, 0.15) is 41.3 Å². The molecule has 0 radical (unpaired) electrons. The molecule has 3 rings (SSSR count). The van der Waals surface area contributed by atoms with Crippen LogP contribution in [-0.2, 0) is 46.5 Å². The Kier molecular flexibility index (Phi) is 11.6. The molecular weight excluding hydrogens is 504 g/mol. The molecule has 1 fully saturated rings. The summed E-state index contributed by atoms with van der Waals surface area (Å²) in [5, 5.41) is 10.9. The third-order valence-corrected chi connectivity index (χ3v) is 5.96. The largest absolute Gasteiger partial charge is 0.458 e. The molecule has 1 aliphatic rings. The first kappa shape index (κ1) is 29.9. The van der Waals surface area contributed by atoms with Gasteiger partial charge in [0.05, 0.1) is 31.8 Å². The first-order valence-corrected chi connectivity index (χ1v) is 12.6. The molecule has 1 N–H and O–H groups in total. The highest BCUT2D eigenvalue weighted by atomic mass is 16.7. The molecule has 39 heavy (non-hydrogen) atoms. The number of carbonyl (C=O) groups excluding carboxylic acids is 3. The smallest absolute Gasteiger partial charge is 0.338 e. The van der Waals surface area contributed by atoms with Crippen LogP contribution in [0, 0.1) is 0 Å². The third-order valence-electron chi connectivity index (χ3n) is 5.96. The Balaban J connectivity index is 1.73. The zero-order chi connectivity index (χ0) is 28.2. The van der Waals surface area contributed by atoms with Crippen LogP contribution in [0.25, 0.3) is 0 Å². The average molecular weight is 539 g/mol. The summed E-state index contributed by atoms with van der Waals surface area (Å²) < 4.78 is 28.4. The maximum atomic E-state index is 12.5. The van der Waals surface area contributed by atoms with Crippen LogP contribution in [0.2, 0.25) is 0 Å². The summed E-state index contributed by atoms with van der Waals surface area (Å²) in [5.74, 6) is -1.36. The fourth-order valence-corrected chi connectivity index (χ4v) is 3.86. The van der Waals surface area contributed by atoms with Gasteiger partial charge >= 0.3 is 11.9 Å². The van der Waals surface area contributed by atoms with Gasteiger partial charge in [0.15, 0.2) is 12.4 Å². The molecule has 0 saturated carbocycles. The molecule has 0 amide bonds. The summed E-state index contributed by atoms with van der Waals surface area (Å²) in [6, 6.07) is 16.3. The zero-order valence-corrected chi connectivity index (χ0v) is 22.0. The Hall–Kier alpha value is -3.63. The van der Waals surface area contributed by atoms with Crippen LogP contribution >= 0.6 is 0 Å². The third kappa shape index (κ3) is 8.97. The van der Waals surface area contributed by atoms with E-state index in [0.717, 1.165) is 5.56 Å². The Morgan fingerprint density at radius 2 is 1.74 bits per heavy atom. The molecule has 0 spiro atoms. The highest BCUT2D eigenvalue weighted by Gasteiger charge is 2.43. The van der Waals surface area contributed by atoms with Gasteiger partial charge in [0.1, 0.15) is 24.6 Å². The van der Waals surface area contributed by atoms with Crippen molar-refractivity contribution in [2.75, 3.05) is 13.2 Å². The Morgan fingerprint density at radius 1 is 1.03 bits per heavy atom. The maximum Gasteiger partial charge on any atom is 0.338 e. The number of aliphatic hydroxyl groups is 1. The van der Waals surface area contributed by atoms with Gasteiger partial charge in [-0.15, -0.1) is 0 Å². The van der Waals surface area contributed by atoms with Crippen LogP contribution < -0.4 is 0 Å². The molecule has 9 heteroatoms. The summed E-state index contributed by atoms with van der Waals surface area (Å²) >= 11 is 0. The second-order valence-corrected chi connectivity index (χ2v) is 9.03. The van der Waals surface area contributed by atoms with E-state index in [-0.39, 0.29) is 44.0 Å². The number of ether oxygens (including phenoxy) is 5. The molecule has 208 valence electrons. The number of aliphatic hydroxyl groups excluding tert-OH is 1. The lowest BCUT2D eigenvalue weighted by Gasteiger charge is -2.40. The fraction of sp³-hybridized carbons (Fsp3) is 0.367. The Morgan fingerprint density at radius 3 is 2.46 bits per heavy atom. The quantitative estimate of drug-likeness (QED) is 0.284. The predicted octanol–water partition coefficient (Wildman–Crippen LogP) is 3.69. The van der Waals surface area contributed by atoms with E-state index >= 15 is 0 Å². The van der Waals surface area contributed by atoms with Gasteiger partial charge in [0, 0.05) is 6.42 Å². The first-order chi connectivity index (χ1) is 18.8. The average Bonchev–Trinajstić information content (AvgIpc) is 2.94. The molecule has 1 aliphatic heterocycles. The van der Waals surface area contributed by atoms with Gasteiger partial charge in [-0.05, 0) is 29.7 Å². The Bertz CT molecular complexity index is 1140. The lowest BCUT2D eigenvalue weighted by molar-refractivity contribution is -0.261. The molecular formula is C30H34O9. The molecule has 2 aromatic carbocycles. The van der Waals surface area contributed by atoms with Gasteiger partial charge in [0.25, 0.3) is 0 Å². The summed E-state index contributed by atoms with van der Waals surface area (Å²) in [4.78, 5) is 36.2. The molecule has 0 aliphatic carbocycles. The van der Waals surface area contributed by atoms with Gasteiger partial charge in [-0.25, -0.2) is 4.79 Å². The summed E-state index contributed by atoms with van der Waals surface area (Å²) in [6.07, 6.45) is -3.02. The molecule has 2 aromatic rings. The summed E-state index contributed by atoms with van der Waals surface area (Å²) in [5.41, 5.74) is 1.94. The van der Waals surface area contributed by atoms with Crippen molar-refractivity contribution in [1.82, 2.24) is 0 Å². The van der Waals surface area contributed by atoms with Crippen molar-refractivity contribution in [2.24, 2.45) is 0 Å². The number of esters is 2. The van der Waals surface area contributed by atoms with E-state index in [2.05, 4.69) is 13.2 Å². The van der Waals surface area contributed by atoms with Crippen LogP contribution in [0.5, 0.6) is 0 Å². The number of benzene rings is 2. The Labute approximate surface area is 228 Å². The topological polar surface area (TPSA) is 118 Å². The van der Waals surface area contributed by atoms with E-state index in [1.165, 1.54) is 13.0 Å². The van der Waals surface area contributed by atoms with Crippen LogP contribution in [0.15, 0.2) is 79.4 Å². The van der Waals surface area contributed by atoms with E-state index in [9.17, 15) is 19.5 Å². The lowest BCUT2D eigenvalue weighted by Crippen LogP contribution is -2.53. The first-order valence-electron chi connectivity index (χ1n) is 12.6. The maximum absolute atomic E-state index is 12.5. The number of hydrogen-bond acceptors (Lipinski definition) is 9. The highest BCUT2D eigenvalue weighted by Crippen LogP contribution is 2.29. The second kappa shape index (κ2) is 15.1. The standard InChI is InChI=1S/C30H34O9/c1-4-16-36-29(34)24-13-9-8-12-23(24)18-37-30-28(39-26(32)15-14-20(2)31)21(3)27(33)25(38-30)19-35-17-22-10-6-5-7-11-22/h4-13,25,27-28,30,33H,1,3,14-19H2,2H3/t25-,27+,28+,30+/m1/s1. The van der Waals surface area contributed by atoms with Crippen molar-refractivity contribution in [2.45, 2.75) is 57.6 Å². The predicted molar refractivity (Wildman–Crippen MR) is 141 cm³/mol. The fourth-order valence-electron chi connectivity index (χ4n) is 3.86. The van der Waals surface area contributed by atoms with Gasteiger partial charge in [-0.1, -0.05) is 67.8 Å². The van der Waals surface area contributed by atoms with Crippen molar-refractivity contribution in [1.29, 1.82) is 0 Å². The molecule has 0 unspecified atom stereocenters. The van der Waals surface area contributed by atoms with E-state index in [1.807, 2.05) is 30.3 Å². The molecule has 4 atom stereocenters. The van der Waals surface area contributed by atoms with E-state index in [4.69, 9.17) is 23.7 Å². The molecule has 0 aromatic heterocycles. The minimum absolute atomic E-state index is 0.0170. The van der Waals surface area contributed by atoms with Gasteiger partial charge in [-0.3, -0.25) is 4.79 Å². The molecule has 0 bridgehead atoms. The van der Waals surface area contributed by atoms with Crippen molar-refractivity contribution in [3.8, 4) is 0 Å². The monoisotopic (exact) mass is 538 g/mol. The van der Waals surface area contributed by atoms with Crippen molar-refractivity contribution in [3.63, 3.8) is 0 Å². The highest BCUT2D eigenvalue weighted by molar-refractivity contribution is 5.91. The van der Waals surface area contributed by atoms with Crippen molar-refractivity contribution < 1.29 is 43.2 Å². The van der Waals surface area contributed by atoms with Gasteiger partial charge < -0.3 is 33.6 Å². The van der Waals surface area contributed by atoms with E-state index in [0.29, 0.717) is 17.7 Å². The lowest BCUT2D eigenvalue weighted by atomic mass is 9.97.